The van der Waals surface area contributed by atoms with E-state index in [1.165, 1.54) is 5.56 Å². The summed E-state index contributed by atoms with van der Waals surface area (Å²) in [7, 11) is 0. The van der Waals surface area contributed by atoms with Crippen LogP contribution in [0.1, 0.15) is 12.5 Å². The Morgan fingerprint density at radius 3 is 3.00 bits per heavy atom. The summed E-state index contributed by atoms with van der Waals surface area (Å²) in [6.45, 7) is 4.62. The molecule has 0 spiro atoms. The lowest BCUT2D eigenvalue weighted by molar-refractivity contribution is 0.0989. The molecular weight excluding hydrogens is 289 g/mol. The van der Waals surface area contributed by atoms with Gasteiger partial charge in [-0.25, -0.2) is 0 Å². The van der Waals surface area contributed by atoms with E-state index in [0.717, 1.165) is 35.8 Å². The minimum Gasteiger partial charge on any atom is -0.377 e. The molecule has 4 heteroatoms. The van der Waals surface area contributed by atoms with E-state index in [4.69, 9.17) is 16.3 Å². The van der Waals surface area contributed by atoms with Gasteiger partial charge in [0, 0.05) is 17.9 Å². The van der Waals surface area contributed by atoms with E-state index >= 15 is 0 Å². The van der Waals surface area contributed by atoms with Gasteiger partial charge in [-0.2, -0.15) is 0 Å². The molecule has 2 nitrogen and oxygen atoms in total. The van der Waals surface area contributed by atoms with Crippen LogP contribution >= 0.6 is 27.5 Å². The Morgan fingerprint density at radius 2 is 2.38 bits per heavy atom. The molecule has 16 heavy (non-hydrogen) atoms. The zero-order valence-electron chi connectivity index (χ0n) is 9.25. The van der Waals surface area contributed by atoms with E-state index in [-0.39, 0.29) is 0 Å². The molecule has 1 atom stereocenters. The first-order valence-electron chi connectivity index (χ1n) is 5.41. The average Bonchev–Trinajstić information content (AvgIpc) is 2.30. The van der Waals surface area contributed by atoms with Gasteiger partial charge in [0.25, 0.3) is 0 Å². The maximum Gasteiger partial charge on any atom is 0.0668 e. The van der Waals surface area contributed by atoms with Gasteiger partial charge in [0.1, 0.15) is 0 Å². The van der Waals surface area contributed by atoms with E-state index in [1.54, 1.807) is 0 Å². The summed E-state index contributed by atoms with van der Waals surface area (Å²) in [5.74, 6) is 0. The minimum absolute atomic E-state index is 0.390. The summed E-state index contributed by atoms with van der Waals surface area (Å²) < 4.78 is 5.43. The number of hydrogen-bond donors (Lipinski definition) is 0. The summed E-state index contributed by atoms with van der Waals surface area (Å²) >= 11 is 9.74. The molecular formula is C12H15BrClNO. The van der Waals surface area contributed by atoms with Crippen LogP contribution in [0.4, 0.5) is 5.69 Å². The maximum atomic E-state index is 6.30. The third kappa shape index (κ3) is 2.53. The molecule has 1 unspecified atom stereocenters. The van der Waals surface area contributed by atoms with Gasteiger partial charge in [0.15, 0.2) is 0 Å². The molecule has 0 bridgehead atoms. The highest BCUT2D eigenvalue weighted by Gasteiger charge is 2.20. The van der Waals surface area contributed by atoms with E-state index in [1.807, 2.05) is 6.07 Å². The van der Waals surface area contributed by atoms with Crippen molar-refractivity contribution < 1.29 is 4.74 Å². The molecule has 0 N–H and O–H groups in total. The lowest BCUT2D eigenvalue weighted by Gasteiger charge is -2.35. The highest BCUT2D eigenvalue weighted by atomic mass is 79.9. The Balaban J connectivity index is 2.25. The van der Waals surface area contributed by atoms with Gasteiger partial charge >= 0.3 is 0 Å². The first kappa shape index (κ1) is 12.2. The summed E-state index contributed by atoms with van der Waals surface area (Å²) in [5.41, 5.74) is 2.32. The highest BCUT2D eigenvalue weighted by Crippen LogP contribution is 2.29. The van der Waals surface area contributed by atoms with E-state index in [9.17, 15) is 0 Å². The number of alkyl halides is 1. The van der Waals surface area contributed by atoms with Crippen molar-refractivity contribution in [3.63, 3.8) is 0 Å². The van der Waals surface area contributed by atoms with Crippen LogP contribution in [0.5, 0.6) is 0 Å². The van der Waals surface area contributed by atoms with Crippen molar-refractivity contribution in [1.82, 2.24) is 0 Å². The third-order valence-corrected chi connectivity index (χ3v) is 3.79. The van der Waals surface area contributed by atoms with Gasteiger partial charge in [-0.3, -0.25) is 0 Å². The monoisotopic (exact) mass is 303 g/mol. The number of rotatable bonds is 2. The van der Waals surface area contributed by atoms with E-state index < -0.39 is 0 Å². The molecule has 1 heterocycles. The number of halogens is 2. The Kier molecular flexibility index (Phi) is 4.11. The van der Waals surface area contributed by atoms with Crippen molar-refractivity contribution in [2.24, 2.45) is 0 Å². The SMILES string of the molecule is CC1COCCN1c1ccc(CBr)cc1Cl. The summed E-state index contributed by atoms with van der Waals surface area (Å²) in [6, 6.07) is 6.62. The number of hydrogen-bond acceptors (Lipinski definition) is 2. The Morgan fingerprint density at radius 1 is 1.56 bits per heavy atom. The molecule has 88 valence electrons. The molecule has 1 aromatic carbocycles. The molecule has 1 aromatic rings. The van der Waals surface area contributed by atoms with Crippen LogP contribution in [-0.2, 0) is 10.1 Å². The second kappa shape index (κ2) is 5.39. The van der Waals surface area contributed by atoms with Gasteiger partial charge in [-0.15, -0.1) is 0 Å². The normalized spacial score (nSPS) is 21.2. The van der Waals surface area contributed by atoms with Crippen LogP contribution in [0.25, 0.3) is 0 Å². The highest BCUT2D eigenvalue weighted by molar-refractivity contribution is 9.08. The van der Waals surface area contributed by atoms with Crippen LogP contribution in [0.15, 0.2) is 18.2 Å². The predicted molar refractivity (Wildman–Crippen MR) is 71.7 cm³/mol. The summed E-state index contributed by atoms with van der Waals surface area (Å²) in [6.07, 6.45) is 0. The van der Waals surface area contributed by atoms with Gasteiger partial charge < -0.3 is 9.64 Å². The Bertz CT molecular complexity index is 372. The second-order valence-corrected chi connectivity index (χ2v) is 5.00. The van der Waals surface area contributed by atoms with Crippen molar-refractivity contribution in [3.05, 3.63) is 28.8 Å². The molecule has 1 aliphatic heterocycles. The molecule has 1 aliphatic rings. The van der Waals surface area contributed by atoms with Crippen molar-refractivity contribution >= 4 is 33.2 Å². The van der Waals surface area contributed by atoms with Crippen molar-refractivity contribution in [1.29, 1.82) is 0 Å². The first-order valence-corrected chi connectivity index (χ1v) is 6.91. The van der Waals surface area contributed by atoms with Gasteiger partial charge in [-0.05, 0) is 24.6 Å². The van der Waals surface area contributed by atoms with E-state index in [2.05, 4.69) is 39.9 Å². The van der Waals surface area contributed by atoms with Crippen LogP contribution in [0.2, 0.25) is 5.02 Å². The lowest BCUT2D eigenvalue weighted by atomic mass is 10.1. The molecule has 0 aromatic heterocycles. The minimum atomic E-state index is 0.390. The topological polar surface area (TPSA) is 12.5 Å². The fourth-order valence-corrected chi connectivity index (χ4v) is 2.61. The molecule has 0 amide bonds. The summed E-state index contributed by atoms with van der Waals surface area (Å²) in [5, 5.41) is 1.66. The van der Waals surface area contributed by atoms with Gasteiger partial charge in [-0.1, -0.05) is 33.6 Å². The van der Waals surface area contributed by atoms with E-state index in [0.29, 0.717) is 6.04 Å². The number of morpholine rings is 1. The fraction of sp³-hybridized carbons (Fsp3) is 0.500. The van der Waals surface area contributed by atoms with Crippen LogP contribution < -0.4 is 4.90 Å². The van der Waals surface area contributed by atoms with Crippen molar-refractivity contribution in [2.45, 2.75) is 18.3 Å². The summed E-state index contributed by atoms with van der Waals surface area (Å²) in [4.78, 5) is 2.31. The van der Waals surface area contributed by atoms with Gasteiger partial charge in [0.05, 0.1) is 23.9 Å². The molecule has 0 radical (unpaired) electrons. The number of benzene rings is 1. The average molecular weight is 305 g/mol. The smallest absolute Gasteiger partial charge is 0.0668 e. The Labute approximate surface area is 110 Å². The predicted octanol–water partition coefficient (Wildman–Crippen LogP) is 3.46. The maximum absolute atomic E-state index is 6.30. The number of ether oxygens (including phenoxy) is 1. The first-order chi connectivity index (χ1) is 7.72. The quantitative estimate of drug-likeness (QED) is 0.776. The lowest BCUT2D eigenvalue weighted by Crippen LogP contribution is -2.43. The van der Waals surface area contributed by atoms with Crippen LogP contribution in [0.3, 0.4) is 0 Å². The fourth-order valence-electron chi connectivity index (χ4n) is 1.95. The Hall–Kier alpha value is -0.250. The zero-order chi connectivity index (χ0) is 11.5. The van der Waals surface area contributed by atoms with Crippen LogP contribution in [-0.4, -0.2) is 25.8 Å². The molecule has 1 fully saturated rings. The van der Waals surface area contributed by atoms with Gasteiger partial charge in [0.2, 0.25) is 0 Å². The third-order valence-electron chi connectivity index (χ3n) is 2.84. The van der Waals surface area contributed by atoms with Crippen molar-refractivity contribution in [3.8, 4) is 0 Å². The molecule has 0 saturated carbocycles. The standard InChI is InChI=1S/C12H15BrClNO/c1-9-8-16-5-4-15(9)12-3-2-10(7-13)6-11(12)14/h2-3,6,9H,4-5,7-8H2,1H3. The number of anilines is 1. The second-order valence-electron chi connectivity index (χ2n) is 4.04. The zero-order valence-corrected chi connectivity index (χ0v) is 11.6. The van der Waals surface area contributed by atoms with Crippen LogP contribution in [0, 0.1) is 0 Å². The largest absolute Gasteiger partial charge is 0.377 e. The van der Waals surface area contributed by atoms with Crippen molar-refractivity contribution in [2.75, 3.05) is 24.7 Å². The molecule has 1 saturated heterocycles. The molecule has 0 aliphatic carbocycles. The molecule has 2 rings (SSSR count). The number of nitrogens with zero attached hydrogens (tertiary/aromatic N) is 1.